The molecule has 0 spiro atoms. The lowest BCUT2D eigenvalue weighted by Gasteiger charge is -2.42. The summed E-state index contributed by atoms with van der Waals surface area (Å²) in [6.45, 7) is 7.20. The number of pyridine rings is 1. The number of fused-ring (bicyclic) bond motifs is 5. The number of amides is 1. The number of halogens is 3. The van der Waals surface area contributed by atoms with Gasteiger partial charge in [-0.05, 0) is 62.2 Å². The SMILES string of the molecule is C1CC1.CC.COc1nc(N2CC3CCC(C2)N3C(=O)CCN)c2cnc(-c3cc(O)cc4cccc(F)c34)c(F)c2n1.FC1CC2CCCN2C1. The van der Waals surface area contributed by atoms with Crippen molar-refractivity contribution < 1.29 is 27.8 Å². The van der Waals surface area contributed by atoms with Crippen LogP contribution in [0.3, 0.4) is 0 Å². The van der Waals surface area contributed by atoms with Crippen molar-refractivity contribution in [3.63, 3.8) is 0 Å². The van der Waals surface area contributed by atoms with Gasteiger partial charge < -0.3 is 25.4 Å². The lowest BCUT2D eigenvalue weighted by Crippen LogP contribution is -2.56. The number of hydrogen-bond acceptors (Lipinski definition) is 9. The van der Waals surface area contributed by atoms with Gasteiger partial charge in [0.05, 0.1) is 12.5 Å². The van der Waals surface area contributed by atoms with Gasteiger partial charge in [0.1, 0.15) is 34.8 Å². The molecule has 5 fully saturated rings. The number of benzene rings is 2. The van der Waals surface area contributed by atoms with E-state index in [9.17, 15) is 18.7 Å². The molecule has 4 saturated heterocycles. The molecule has 4 aromatic rings. The van der Waals surface area contributed by atoms with Gasteiger partial charge in [0, 0.05) is 67.9 Å². The number of anilines is 1. The Kier molecular flexibility index (Phi) is 12.0. The first-order valence-electron chi connectivity index (χ1n) is 18.7. The van der Waals surface area contributed by atoms with E-state index >= 15 is 4.39 Å². The number of piperazine rings is 1. The lowest BCUT2D eigenvalue weighted by atomic mass is 9.99. The molecule has 0 radical (unpaired) electrons. The molecule has 1 amide bonds. The van der Waals surface area contributed by atoms with Crippen LogP contribution in [0.25, 0.3) is 32.9 Å². The second kappa shape index (κ2) is 16.6. The van der Waals surface area contributed by atoms with Crippen molar-refractivity contribution in [3.8, 4) is 23.0 Å². The van der Waals surface area contributed by atoms with Crippen molar-refractivity contribution in [2.75, 3.05) is 44.7 Å². The molecule has 9 rings (SSSR count). The van der Waals surface area contributed by atoms with Gasteiger partial charge in [-0.2, -0.15) is 9.97 Å². The number of aromatic hydroxyl groups is 1. The molecule has 10 nitrogen and oxygen atoms in total. The number of phenols is 1. The Balaban J connectivity index is 0.000000276. The van der Waals surface area contributed by atoms with E-state index < -0.39 is 17.8 Å². The number of nitrogens with zero attached hydrogens (tertiary/aromatic N) is 6. The molecule has 4 atom stereocenters. The van der Waals surface area contributed by atoms with Gasteiger partial charge in [0.25, 0.3) is 0 Å². The highest BCUT2D eigenvalue weighted by atomic mass is 19.1. The molecular weight excluding hydrogens is 671 g/mol. The van der Waals surface area contributed by atoms with Crippen molar-refractivity contribution in [1.82, 2.24) is 24.8 Å². The summed E-state index contributed by atoms with van der Waals surface area (Å²) in [5.41, 5.74) is 5.55. The van der Waals surface area contributed by atoms with Crippen molar-refractivity contribution in [2.45, 2.75) is 95.9 Å². The number of methoxy groups -OCH3 is 1. The van der Waals surface area contributed by atoms with E-state index in [2.05, 4.69) is 19.9 Å². The molecule has 52 heavy (non-hydrogen) atoms. The zero-order valence-corrected chi connectivity index (χ0v) is 30.3. The maximum Gasteiger partial charge on any atom is 0.318 e. The summed E-state index contributed by atoms with van der Waals surface area (Å²) in [7, 11) is 1.40. The van der Waals surface area contributed by atoms with Crippen LogP contribution in [-0.2, 0) is 4.79 Å². The molecule has 1 aliphatic carbocycles. The van der Waals surface area contributed by atoms with E-state index in [1.807, 2.05) is 23.6 Å². The third kappa shape index (κ3) is 7.90. The number of aromatic nitrogens is 3. The fourth-order valence-corrected chi connectivity index (χ4v) is 7.86. The molecule has 13 heteroatoms. The molecule has 4 unspecified atom stereocenters. The minimum Gasteiger partial charge on any atom is -0.508 e. The third-order valence-electron chi connectivity index (χ3n) is 10.2. The molecule has 2 aromatic carbocycles. The summed E-state index contributed by atoms with van der Waals surface area (Å²) in [5.74, 6) is -0.971. The fraction of sp³-hybridized carbons (Fsp3) is 0.538. The molecule has 3 N–H and O–H groups in total. The van der Waals surface area contributed by atoms with Crippen LogP contribution >= 0.6 is 0 Å². The number of carbonyl (C=O) groups is 1. The van der Waals surface area contributed by atoms with Gasteiger partial charge in [0.15, 0.2) is 5.82 Å². The largest absolute Gasteiger partial charge is 0.508 e. The van der Waals surface area contributed by atoms with Gasteiger partial charge in [-0.3, -0.25) is 14.7 Å². The molecule has 280 valence electrons. The van der Waals surface area contributed by atoms with Crippen LogP contribution in [-0.4, -0.2) is 99.9 Å². The number of ether oxygens (including phenoxy) is 1. The summed E-state index contributed by atoms with van der Waals surface area (Å²) in [5, 5.41) is 11.2. The van der Waals surface area contributed by atoms with Crippen LogP contribution in [0.5, 0.6) is 11.8 Å². The molecule has 2 aromatic heterocycles. The van der Waals surface area contributed by atoms with Crippen LogP contribution in [0, 0.1) is 11.6 Å². The number of carbonyl (C=O) groups excluding carboxylic acids is 1. The second-order valence-corrected chi connectivity index (χ2v) is 13.9. The van der Waals surface area contributed by atoms with Gasteiger partial charge >= 0.3 is 6.01 Å². The van der Waals surface area contributed by atoms with Crippen molar-refractivity contribution in [2.24, 2.45) is 5.73 Å². The Morgan fingerprint density at radius 1 is 1.00 bits per heavy atom. The van der Waals surface area contributed by atoms with Gasteiger partial charge in [0.2, 0.25) is 5.91 Å². The van der Waals surface area contributed by atoms with E-state index in [1.54, 1.807) is 6.07 Å². The topological polar surface area (TPSA) is 121 Å². The zero-order chi connectivity index (χ0) is 36.9. The highest BCUT2D eigenvalue weighted by Crippen LogP contribution is 2.39. The summed E-state index contributed by atoms with van der Waals surface area (Å²) in [6, 6.07) is 7.72. The van der Waals surface area contributed by atoms with Crippen molar-refractivity contribution >= 4 is 33.4 Å². The van der Waals surface area contributed by atoms with E-state index in [0.29, 0.717) is 55.2 Å². The maximum absolute atomic E-state index is 16.1. The molecule has 1 saturated carbocycles. The highest BCUT2D eigenvalue weighted by molar-refractivity contribution is 6.00. The summed E-state index contributed by atoms with van der Waals surface area (Å²) >= 11 is 0. The zero-order valence-electron chi connectivity index (χ0n) is 30.3. The summed E-state index contributed by atoms with van der Waals surface area (Å²) in [6.07, 6.45) is 10.8. The van der Waals surface area contributed by atoms with Crippen molar-refractivity contribution in [3.05, 3.63) is 48.2 Å². The first-order valence-corrected chi connectivity index (χ1v) is 18.7. The maximum atomic E-state index is 16.1. The Morgan fingerprint density at radius 3 is 2.38 bits per heavy atom. The predicted octanol–water partition coefficient (Wildman–Crippen LogP) is 6.75. The molecule has 6 heterocycles. The predicted molar refractivity (Wildman–Crippen MR) is 197 cm³/mol. The number of nitrogens with two attached hydrogens (primary N) is 1. The molecular formula is C39H50F3N7O3. The Labute approximate surface area is 303 Å². The van der Waals surface area contributed by atoms with E-state index in [0.717, 1.165) is 25.8 Å². The smallest absolute Gasteiger partial charge is 0.318 e. The van der Waals surface area contributed by atoms with Crippen LogP contribution in [0.15, 0.2) is 36.5 Å². The Hall–Kier alpha value is -4.23. The van der Waals surface area contributed by atoms with E-state index in [-0.39, 0.29) is 51.9 Å². The van der Waals surface area contributed by atoms with E-state index in [1.165, 1.54) is 69.7 Å². The number of alkyl halides is 1. The van der Waals surface area contributed by atoms with Crippen LogP contribution in [0.2, 0.25) is 0 Å². The first kappa shape index (κ1) is 37.5. The van der Waals surface area contributed by atoms with Gasteiger partial charge in [-0.1, -0.05) is 45.2 Å². The average molecular weight is 722 g/mol. The monoisotopic (exact) mass is 721 g/mol. The Bertz CT molecular complexity index is 1850. The van der Waals surface area contributed by atoms with Crippen LogP contribution in [0.1, 0.15) is 71.6 Å². The first-order chi connectivity index (χ1) is 25.2. The fourth-order valence-electron chi connectivity index (χ4n) is 7.86. The van der Waals surface area contributed by atoms with Gasteiger partial charge in [-0.15, -0.1) is 0 Å². The van der Waals surface area contributed by atoms with Crippen molar-refractivity contribution in [1.29, 1.82) is 0 Å². The number of phenolic OH excluding ortho intramolecular Hbond substituents is 1. The standard InChI is InChI=1S/C27H26F2N6O3.C7H12FN.C3H6.C2H6/c1-38-27-32-25-19(26(33-27)34-12-15-5-6-16(13-34)35(15)21(37)7-8-30)11-31-24(23(25)29)18-10-17(36)9-14-3-2-4-20(28)22(14)18;8-6-4-7-2-1-3-9(7)5-6;1-2-3-1;1-2/h2-4,9-11,15-16,36H,5-8,12-13,30H2,1H3;6-7H,1-5H2;1-3H2;1-2H3. The summed E-state index contributed by atoms with van der Waals surface area (Å²) in [4.78, 5) is 32.0. The third-order valence-corrected chi connectivity index (χ3v) is 10.2. The molecule has 5 aliphatic rings. The average Bonchev–Trinajstić information content (AvgIpc) is 3.84. The second-order valence-electron chi connectivity index (χ2n) is 13.9. The Morgan fingerprint density at radius 2 is 1.73 bits per heavy atom. The summed E-state index contributed by atoms with van der Waals surface area (Å²) < 4.78 is 48.9. The molecule has 2 bridgehead atoms. The number of hydrogen-bond donors (Lipinski definition) is 2. The van der Waals surface area contributed by atoms with E-state index in [4.69, 9.17) is 10.5 Å². The highest BCUT2D eigenvalue weighted by Gasteiger charge is 2.43. The van der Waals surface area contributed by atoms with Gasteiger partial charge in [-0.25, -0.2) is 13.2 Å². The molecule has 4 aliphatic heterocycles. The normalized spacial score (nSPS) is 22.9. The lowest BCUT2D eigenvalue weighted by molar-refractivity contribution is -0.134. The minimum absolute atomic E-state index is 0.00234. The van der Waals surface area contributed by atoms with Crippen LogP contribution in [0.4, 0.5) is 19.0 Å². The number of rotatable bonds is 5. The quantitative estimate of drug-likeness (QED) is 0.231. The van der Waals surface area contributed by atoms with Crippen LogP contribution < -0.4 is 15.4 Å². The minimum atomic E-state index is -0.778.